The molecule has 1 saturated heterocycles. The summed E-state index contributed by atoms with van der Waals surface area (Å²) in [6, 6.07) is 1.89. The highest BCUT2D eigenvalue weighted by Crippen LogP contribution is 2.36. The summed E-state index contributed by atoms with van der Waals surface area (Å²) in [5.41, 5.74) is -0.994. The fourth-order valence-corrected chi connectivity index (χ4v) is 3.13. The molecule has 1 atom stereocenters. The summed E-state index contributed by atoms with van der Waals surface area (Å²) in [6.07, 6.45) is -3.30. The van der Waals surface area contributed by atoms with Crippen molar-refractivity contribution in [2.24, 2.45) is 0 Å². The number of aromatic nitrogens is 2. The van der Waals surface area contributed by atoms with Crippen molar-refractivity contribution in [1.82, 2.24) is 10.1 Å². The fourth-order valence-electron chi connectivity index (χ4n) is 2.86. The van der Waals surface area contributed by atoms with Gasteiger partial charge in [0, 0.05) is 24.2 Å². The van der Waals surface area contributed by atoms with Crippen LogP contribution in [0.25, 0.3) is 0 Å². The number of alkyl halides is 3. The SMILES string of the molecule is CC(C)(CO)c1cc(CC(=O)[C@@H]2CCN2c2ncc(C(F)(F)F)cc2Cl)on1. The summed E-state index contributed by atoms with van der Waals surface area (Å²) in [7, 11) is 0. The van der Waals surface area contributed by atoms with E-state index in [1.165, 1.54) is 0 Å². The molecule has 3 rings (SSSR count). The molecule has 0 unspecified atom stereocenters. The molecule has 10 heteroatoms. The summed E-state index contributed by atoms with van der Waals surface area (Å²) in [6.45, 7) is 3.93. The zero-order valence-corrected chi connectivity index (χ0v) is 16.0. The number of ketones is 1. The van der Waals surface area contributed by atoms with Gasteiger partial charge in [0.15, 0.2) is 5.78 Å². The second-order valence-electron chi connectivity index (χ2n) is 7.39. The second kappa shape index (κ2) is 7.36. The maximum atomic E-state index is 12.8. The van der Waals surface area contributed by atoms with Gasteiger partial charge in [-0.1, -0.05) is 30.6 Å². The molecule has 0 spiro atoms. The van der Waals surface area contributed by atoms with Gasteiger partial charge < -0.3 is 14.5 Å². The van der Waals surface area contributed by atoms with Crippen molar-refractivity contribution in [2.75, 3.05) is 18.1 Å². The highest BCUT2D eigenvalue weighted by Gasteiger charge is 2.38. The van der Waals surface area contributed by atoms with Gasteiger partial charge in [-0.25, -0.2) is 4.98 Å². The highest BCUT2D eigenvalue weighted by atomic mass is 35.5. The van der Waals surface area contributed by atoms with Crippen molar-refractivity contribution < 1.29 is 27.6 Å². The number of aliphatic hydroxyl groups excluding tert-OH is 1. The molecule has 2 aromatic heterocycles. The van der Waals surface area contributed by atoms with Crippen LogP contribution in [-0.2, 0) is 22.8 Å². The van der Waals surface area contributed by atoms with Gasteiger partial charge in [0.1, 0.15) is 11.6 Å². The van der Waals surface area contributed by atoms with Gasteiger partial charge in [0.25, 0.3) is 0 Å². The summed E-state index contributed by atoms with van der Waals surface area (Å²) in [5, 5.41) is 13.1. The molecule has 0 amide bonds. The molecule has 6 nitrogen and oxygen atoms in total. The molecule has 0 radical (unpaired) electrons. The van der Waals surface area contributed by atoms with Crippen LogP contribution in [0.4, 0.5) is 19.0 Å². The molecule has 1 aliphatic heterocycles. The minimum Gasteiger partial charge on any atom is -0.395 e. The number of carbonyl (C=O) groups is 1. The van der Waals surface area contributed by atoms with Crippen LogP contribution in [0.2, 0.25) is 5.02 Å². The van der Waals surface area contributed by atoms with Crippen molar-refractivity contribution in [3.63, 3.8) is 0 Å². The summed E-state index contributed by atoms with van der Waals surface area (Å²) >= 11 is 5.97. The number of carbonyl (C=O) groups excluding carboxylic acids is 1. The summed E-state index contributed by atoms with van der Waals surface area (Å²) < 4.78 is 43.5. The van der Waals surface area contributed by atoms with Crippen LogP contribution in [-0.4, -0.2) is 40.2 Å². The normalized spacial score (nSPS) is 17.5. The third-order valence-electron chi connectivity index (χ3n) is 4.81. The molecule has 1 N–H and O–H groups in total. The van der Waals surface area contributed by atoms with Gasteiger partial charge in [0.2, 0.25) is 0 Å². The Morgan fingerprint density at radius 3 is 2.64 bits per heavy atom. The molecule has 0 aromatic carbocycles. The number of Topliss-reactive ketones (excluding diaryl/α,β-unsaturated/α-hetero) is 1. The van der Waals surface area contributed by atoms with Gasteiger partial charge in [-0.05, 0) is 12.5 Å². The molecule has 3 heterocycles. The number of anilines is 1. The minimum absolute atomic E-state index is 0.0199. The molecular formula is C18H19ClF3N3O3. The predicted octanol–water partition coefficient (Wildman–Crippen LogP) is 3.40. The lowest BCUT2D eigenvalue weighted by molar-refractivity contribution is -0.137. The van der Waals surface area contributed by atoms with E-state index in [0.717, 1.165) is 6.07 Å². The molecule has 0 bridgehead atoms. The summed E-state index contributed by atoms with van der Waals surface area (Å²) in [4.78, 5) is 18.0. The monoisotopic (exact) mass is 417 g/mol. The van der Waals surface area contributed by atoms with E-state index < -0.39 is 23.2 Å². The fraction of sp³-hybridized carbons (Fsp3) is 0.500. The van der Waals surface area contributed by atoms with E-state index in [1.54, 1.807) is 24.8 Å². The second-order valence-corrected chi connectivity index (χ2v) is 7.80. The van der Waals surface area contributed by atoms with Crippen LogP contribution in [0.5, 0.6) is 0 Å². The van der Waals surface area contributed by atoms with E-state index in [4.69, 9.17) is 16.1 Å². The number of aliphatic hydroxyl groups is 1. The highest BCUT2D eigenvalue weighted by molar-refractivity contribution is 6.33. The average Bonchev–Trinajstić information content (AvgIpc) is 3.03. The molecule has 0 aliphatic carbocycles. The van der Waals surface area contributed by atoms with Crippen LogP contribution in [0, 0.1) is 0 Å². The Hall–Kier alpha value is -2.13. The third-order valence-corrected chi connectivity index (χ3v) is 5.09. The Kier molecular flexibility index (Phi) is 5.42. The molecule has 28 heavy (non-hydrogen) atoms. The lowest BCUT2D eigenvalue weighted by atomic mass is 9.90. The van der Waals surface area contributed by atoms with Gasteiger partial charge >= 0.3 is 6.18 Å². The topological polar surface area (TPSA) is 79.5 Å². The molecule has 0 saturated carbocycles. The zero-order valence-electron chi connectivity index (χ0n) is 15.3. The van der Waals surface area contributed by atoms with E-state index in [9.17, 15) is 23.1 Å². The zero-order chi connectivity index (χ0) is 20.7. The van der Waals surface area contributed by atoms with Crippen molar-refractivity contribution in [1.29, 1.82) is 0 Å². The Labute approximate surface area is 164 Å². The van der Waals surface area contributed by atoms with Gasteiger partial charge in [-0.3, -0.25) is 4.79 Å². The van der Waals surface area contributed by atoms with Gasteiger partial charge in [0.05, 0.1) is 35.3 Å². The first-order chi connectivity index (χ1) is 13.0. The number of hydrogen-bond acceptors (Lipinski definition) is 6. The van der Waals surface area contributed by atoms with Crippen LogP contribution in [0.3, 0.4) is 0 Å². The first-order valence-electron chi connectivity index (χ1n) is 8.62. The van der Waals surface area contributed by atoms with Gasteiger partial charge in [-0.2, -0.15) is 13.2 Å². The van der Waals surface area contributed by atoms with E-state index in [0.29, 0.717) is 30.6 Å². The number of rotatable bonds is 6. The van der Waals surface area contributed by atoms with Crippen LogP contribution in [0.1, 0.15) is 37.3 Å². The van der Waals surface area contributed by atoms with Crippen LogP contribution < -0.4 is 4.90 Å². The van der Waals surface area contributed by atoms with Crippen molar-refractivity contribution in [3.8, 4) is 0 Å². The van der Waals surface area contributed by atoms with Crippen molar-refractivity contribution >= 4 is 23.2 Å². The smallest absolute Gasteiger partial charge is 0.395 e. The standard InChI is InChI=1S/C18H19ClF3N3O3/c1-17(2,9-26)15-7-11(28-24-15)6-14(27)13-3-4-25(13)16-12(19)5-10(8-23-16)18(20,21)22/h5,7-8,13,26H,3-4,6,9H2,1-2H3/t13-/m0/s1. The maximum Gasteiger partial charge on any atom is 0.417 e. The number of hydrogen-bond donors (Lipinski definition) is 1. The molecule has 1 aliphatic rings. The van der Waals surface area contributed by atoms with Crippen LogP contribution >= 0.6 is 11.6 Å². The molecule has 152 valence electrons. The number of nitrogens with zero attached hydrogens (tertiary/aromatic N) is 3. The lowest BCUT2D eigenvalue weighted by Crippen LogP contribution is -2.53. The number of pyridine rings is 1. The van der Waals surface area contributed by atoms with E-state index in [-0.39, 0.29) is 29.7 Å². The van der Waals surface area contributed by atoms with Gasteiger partial charge in [-0.15, -0.1) is 0 Å². The Bertz CT molecular complexity index is 882. The third kappa shape index (κ3) is 4.00. The van der Waals surface area contributed by atoms with E-state index >= 15 is 0 Å². The largest absolute Gasteiger partial charge is 0.417 e. The Balaban J connectivity index is 1.71. The first-order valence-corrected chi connectivity index (χ1v) is 9.00. The van der Waals surface area contributed by atoms with E-state index in [1.807, 2.05) is 0 Å². The Morgan fingerprint density at radius 2 is 2.11 bits per heavy atom. The van der Waals surface area contributed by atoms with Crippen LogP contribution in [0.15, 0.2) is 22.9 Å². The quantitative estimate of drug-likeness (QED) is 0.776. The lowest BCUT2D eigenvalue weighted by Gasteiger charge is -2.41. The number of halogens is 4. The molecule has 2 aromatic rings. The predicted molar refractivity (Wildman–Crippen MR) is 95.3 cm³/mol. The Morgan fingerprint density at radius 1 is 1.39 bits per heavy atom. The van der Waals surface area contributed by atoms with Crippen molar-refractivity contribution in [2.45, 2.75) is 44.3 Å². The molecular weight excluding hydrogens is 399 g/mol. The summed E-state index contributed by atoms with van der Waals surface area (Å²) in [5.74, 6) is 0.340. The average molecular weight is 418 g/mol. The van der Waals surface area contributed by atoms with Crippen molar-refractivity contribution in [3.05, 3.63) is 40.4 Å². The molecule has 1 fully saturated rings. The maximum absolute atomic E-state index is 12.8. The minimum atomic E-state index is -4.54. The first kappa shape index (κ1) is 20.6. The van der Waals surface area contributed by atoms with E-state index in [2.05, 4.69) is 10.1 Å².